The van der Waals surface area contributed by atoms with Crippen molar-refractivity contribution in [1.82, 2.24) is 9.13 Å². The summed E-state index contributed by atoms with van der Waals surface area (Å²) in [5.41, 5.74) is 5.37. The van der Waals surface area contributed by atoms with Crippen LogP contribution in [0.15, 0.2) is 75.7 Å². The number of allylic oxidation sites excluding steroid dienone is 1. The van der Waals surface area contributed by atoms with E-state index in [-0.39, 0.29) is 18.3 Å². The molecule has 0 N–H and O–H groups in total. The summed E-state index contributed by atoms with van der Waals surface area (Å²) in [6, 6.07) is 16.9. The quantitative estimate of drug-likeness (QED) is 0.272. The summed E-state index contributed by atoms with van der Waals surface area (Å²) in [6.07, 6.45) is 1.86. The number of para-hydroxylation sites is 1. The second-order valence-corrected chi connectivity index (χ2v) is 11.4. The van der Waals surface area contributed by atoms with Crippen LogP contribution in [0.2, 0.25) is 0 Å². The zero-order valence-electron chi connectivity index (χ0n) is 24.9. The second kappa shape index (κ2) is 11.9. The summed E-state index contributed by atoms with van der Waals surface area (Å²) in [4.78, 5) is 32.6. The Balaban J connectivity index is 1.70. The Bertz CT molecular complexity index is 1860. The number of benzene rings is 2. The van der Waals surface area contributed by atoms with Crippen molar-refractivity contribution in [3.05, 3.63) is 108 Å². The third-order valence-corrected chi connectivity index (χ3v) is 8.14. The van der Waals surface area contributed by atoms with Crippen molar-refractivity contribution in [3.8, 4) is 17.2 Å². The maximum atomic E-state index is 14.1. The number of carbonyl (C=O) groups is 1. The average molecular weight is 586 g/mol. The number of ether oxygens (including phenoxy) is 3. The Labute approximate surface area is 248 Å². The van der Waals surface area contributed by atoms with Gasteiger partial charge >= 0.3 is 5.97 Å². The number of carbonyl (C=O) groups excluding carboxylic acids is 1. The van der Waals surface area contributed by atoms with Crippen LogP contribution in [0.5, 0.6) is 11.5 Å². The Kier molecular flexibility index (Phi) is 8.22. The summed E-state index contributed by atoms with van der Waals surface area (Å²) in [5, 5.41) is 0. The summed E-state index contributed by atoms with van der Waals surface area (Å²) in [6.45, 7) is 11.7. The van der Waals surface area contributed by atoms with Crippen LogP contribution in [0, 0.1) is 13.8 Å². The number of thiazole rings is 1. The highest BCUT2D eigenvalue weighted by Crippen LogP contribution is 2.36. The van der Waals surface area contributed by atoms with E-state index in [2.05, 4.69) is 22.8 Å². The fraction of sp³-hybridized carbons (Fsp3) is 0.303. The molecule has 4 aromatic rings. The summed E-state index contributed by atoms with van der Waals surface area (Å²) in [7, 11) is 1.57. The van der Waals surface area contributed by atoms with E-state index < -0.39 is 12.0 Å². The Morgan fingerprint density at radius 1 is 1.07 bits per heavy atom. The number of rotatable bonds is 8. The van der Waals surface area contributed by atoms with E-state index in [1.807, 2.05) is 64.1 Å². The highest BCUT2D eigenvalue weighted by Gasteiger charge is 2.34. The molecular formula is C33H35N3O5S. The molecule has 0 aliphatic carbocycles. The van der Waals surface area contributed by atoms with Gasteiger partial charge < -0.3 is 18.8 Å². The lowest BCUT2D eigenvalue weighted by Gasteiger charge is -2.25. The first-order valence-electron chi connectivity index (χ1n) is 13.9. The molecule has 8 nitrogen and oxygen atoms in total. The molecule has 3 heterocycles. The topological polar surface area (TPSA) is 84.1 Å². The highest BCUT2D eigenvalue weighted by atomic mass is 32.1. The van der Waals surface area contributed by atoms with Crippen molar-refractivity contribution in [1.29, 1.82) is 0 Å². The lowest BCUT2D eigenvalue weighted by molar-refractivity contribution is -0.139. The SMILES string of the molecule is CCOC(=O)C1=C(C)N=c2s/c(=C/c3cc(C)n(-c4ccccc4)c3C)c(=O)n2[C@H]1c1ccc(OC(C)C)c(OC)c1. The van der Waals surface area contributed by atoms with Gasteiger partial charge in [0.15, 0.2) is 16.3 Å². The molecule has 2 aromatic heterocycles. The molecule has 5 rings (SSSR count). The van der Waals surface area contributed by atoms with Gasteiger partial charge in [0.05, 0.1) is 41.7 Å². The summed E-state index contributed by atoms with van der Waals surface area (Å²) in [5.74, 6) is 0.580. The molecule has 9 heteroatoms. The van der Waals surface area contributed by atoms with Crippen molar-refractivity contribution in [2.24, 2.45) is 4.99 Å². The van der Waals surface area contributed by atoms with Gasteiger partial charge in [0.25, 0.3) is 5.56 Å². The zero-order chi connectivity index (χ0) is 30.1. The van der Waals surface area contributed by atoms with E-state index in [0.29, 0.717) is 37.7 Å². The molecule has 0 saturated heterocycles. The fourth-order valence-electron chi connectivity index (χ4n) is 5.36. The van der Waals surface area contributed by atoms with Crippen LogP contribution in [0.4, 0.5) is 0 Å². The predicted octanol–water partition coefficient (Wildman–Crippen LogP) is 5.00. The molecular weight excluding hydrogens is 550 g/mol. The van der Waals surface area contributed by atoms with Gasteiger partial charge in [-0.15, -0.1) is 0 Å². The van der Waals surface area contributed by atoms with Crippen molar-refractivity contribution in [2.45, 2.75) is 53.7 Å². The molecule has 0 bridgehead atoms. The van der Waals surface area contributed by atoms with Gasteiger partial charge in [-0.2, -0.15) is 0 Å². The lowest BCUT2D eigenvalue weighted by Crippen LogP contribution is -2.40. The minimum atomic E-state index is -0.749. The van der Waals surface area contributed by atoms with Gasteiger partial charge in [-0.1, -0.05) is 35.6 Å². The zero-order valence-corrected chi connectivity index (χ0v) is 25.7. The van der Waals surface area contributed by atoms with Crippen molar-refractivity contribution in [3.63, 3.8) is 0 Å². The van der Waals surface area contributed by atoms with Crippen LogP contribution >= 0.6 is 11.3 Å². The normalized spacial score (nSPS) is 15.0. The molecule has 2 aromatic carbocycles. The molecule has 1 aliphatic rings. The van der Waals surface area contributed by atoms with Crippen LogP contribution < -0.4 is 24.4 Å². The highest BCUT2D eigenvalue weighted by molar-refractivity contribution is 7.07. The van der Waals surface area contributed by atoms with Crippen LogP contribution in [-0.2, 0) is 9.53 Å². The number of aryl methyl sites for hydroxylation is 1. The molecule has 1 aliphatic heterocycles. The largest absolute Gasteiger partial charge is 0.493 e. The van der Waals surface area contributed by atoms with Gasteiger partial charge in [0.2, 0.25) is 0 Å². The number of fused-ring (bicyclic) bond motifs is 1. The third kappa shape index (κ3) is 5.32. The molecule has 1 atom stereocenters. The molecule has 0 fully saturated rings. The molecule has 0 saturated carbocycles. The molecule has 0 unspecified atom stereocenters. The van der Waals surface area contributed by atoms with Gasteiger partial charge in [-0.05, 0) is 89.1 Å². The first-order chi connectivity index (χ1) is 20.1. The van der Waals surface area contributed by atoms with E-state index in [4.69, 9.17) is 19.2 Å². The Morgan fingerprint density at radius 3 is 2.48 bits per heavy atom. The predicted molar refractivity (Wildman–Crippen MR) is 164 cm³/mol. The van der Waals surface area contributed by atoms with Crippen LogP contribution in [-0.4, -0.2) is 34.9 Å². The van der Waals surface area contributed by atoms with E-state index >= 15 is 0 Å². The summed E-state index contributed by atoms with van der Waals surface area (Å²) >= 11 is 1.30. The maximum Gasteiger partial charge on any atom is 0.338 e. The molecule has 0 amide bonds. The third-order valence-electron chi connectivity index (χ3n) is 7.15. The van der Waals surface area contributed by atoms with Gasteiger partial charge in [0, 0.05) is 17.1 Å². The van der Waals surface area contributed by atoms with E-state index in [9.17, 15) is 9.59 Å². The van der Waals surface area contributed by atoms with E-state index in [1.165, 1.54) is 11.3 Å². The number of nitrogens with zero attached hydrogens (tertiary/aromatic N) is 3. The number of hydrogen-bond acceptors (Lipinski definition) is 7. The molecule has 0 radical (unpaired) electrons. The van der Waals surface area contributed by atoms with E-state index in [1.54, 1.807) is 31.6 Å². The standard InChI is InChI=1S/C33H35N3O5S/c1-8-40-32(38)29-21(5)34-33-36(30(29)23-14-15-26(41-19(2)3)27(17-23)39-7)31(37)28(42-33)18-24-16-20(4)35(22(24)6)25-12-10-9-11-13-25/h9-19,30H,8H2,1-7H3/b28-18+/t30-/m0/s1. The molecule has 0 spiro atoms. The summed E-state index contributed by atoms with van der Waals surface area (Å²) < 4.78 is 21.3. The smallest absolute Gasteiger partial charge is 0.338 e. The molecule has 218 valence electrons. The second-order valence-electron chi connectivity index (χ2n) is 10.4. The monoisotopic (exact) mass is 585 g/mol. The number of esters is 1. The fourth-order valence-corrected chi connectivity index (χ4v) is 6.40. The number of methoxy groups -OCH3 is 1. The minimum absolute atomic E-state index is 0.0523. The van der Waals surface area contributed by atoms with Gasteiger partial charge in [0.1, 0.15) is 0 Å². The van der Waals surface area contributed by atoms with Crippen molar-refractivity contribution in [2.75, 3.05) is 13.7 Å². The van der Waals surface area contributed by atoms with Crippen LogP contribution in [0.25, 0.3) is 11.8 Å². The van der Waals surface area contributed by atoms with Crippen LogP contribution in [0.1, 0.15) is 56.3 Å². The Hall–Kier alpha value is -4.37. The first-order valence-corrected chi connectivity index (χ1v) is 14.7. The van der Waals surface area contributed by atoms with Crippen LogP contribution in [0.3, 0.4) is 0 Å². The number of aromatic nitrogens is 2. The Morgan fingerprint density at radius 2 is 1.81 bits per heavy atom. The number of hydrogen-bond donors (Lipinski definition) is 0. The van der Waals surface area contributed by atoms with Crippen molar-refractivity contribution >= 4 is 23.4 Å². The minimum Gasteiger partial charge on any atom is -0.493 e. The average Bonchev–Trinajstić information content (AvgIpc) is 3.41. The lowest BCUT2D eigenvalue weighted by atomic mass is 9.95. The molecule has 42 heavy (non-hydrogen) atoms. The van der Waals surface area contributed by atoms with Gasteiger partial charge in [-0.25, -0.2) is 9.79 Å². The van der Waals surface area contributed by atoms with Gasteiger partial charge in [-0.3, -0.25) is 9.36 Å². The van der Waals surface area contributed by atoms with E-state index in [0.717, 1.165) is 22.6 Å². The maximum absolute atomic E-state index is 14.1. The van der Waals surface area contributed by atoms with Crippen molar-refractivity contribution < 1.29 is 19.0 Å². The first kappa shape index (κ1) is 29.1.